The highest BCUT2D eigenvalue weighted by Crippen LogP contribution is 2.21. The summed E-state index contributed by atoms with van der Waals surface area (Å²) >= 11 is 3.29. The number of carbonyl (C=O) groups is 2. The number of carbonyl (C=O) groups excluding carboxylic acids is 2. The molecule has 1 heterocycles. The Hall–Kier alpha value is -3.33. The molecule has 0 radical (unpaired) electrons. The van der Waals surface area contributed by atoms with E-state index < -0.39 is 12.3 Å². The SMILES string of the molecule is O=C(OCc1ccccc1)Oc1cc(OC(=O)OCc2ccccc2)n(CCBr)n1. The second-order valence-electron chi connectivity index (χ2n) is 5.99. The molecular weight excluding hydrogens is 456 g/mol. The standard InChI is InChI=1S/C21H19BrN2O6/c22-11-12-24-19(30-21(26)28-15-17-9-5-2-6-10-17)13-18(23-24)29-20(25)27-14-16-7-3-1-4-8-16/h1-10,13H,11-12,14-15H2. The minimum atomic E-state index is -0.916. The number of alkyl halides is 1. The van der Waals surface area contributed by atoms with Crippen molar-refractivity contribution in [3.63, 3.8) is 0 Å². The van der Waals surface area contributed by atoms with E-state index >= 15 is 0 Å². The topological polar surface area (TPSA) is 88.9 Å². The molecule has 0 amide bonds. The molecular formula is C21H19BrN2O6. The van der Waals surface area contributed by atoms with E-state index in [0.717, 1.165) is 11.1 Å². The fourth-order valence-electron chi connectivity index (χ4n) is 2.41. The highest BCUT2D eigenvalue weighted by atomic mass is 79.9. The van der Waals surface area contributed by atoms with Crippen LogP contribution in [0.1, 0.15) is 11.1 Å². The minimum Gasteiger partial charge on any atom is -0.429 e. The van der Waals surface area contributed by atoms with Gasteiger partial charge < -0.3 is 18.9 Å². The van der Waals surface area contributed by atoms with Crippen LogP contribution in [0.2, 0.25) is 0 Å². The van der Waals surface area contributed by atoms with Gasteiger partial charge >= 0.3 is 12.3 Å². The molecule has 3 rings (SSSR count). The monoisotopic (exact) mass is 474 g/mol. The van der Waals surface area contributed by atoms with Crippen LogP contribution in [0.5, 0.6) is 11.8 Å². The summed E-state index contributed by atoms with van der Waals surface area (Å²) in [4.78, 5) is 23.9. The second-order valence-corrected chi connectivity index (χ2v) is 6.78. The van der Waals surface area contributed by atoms with Crippen molar-refractivity contribution in [2.24, 2.45) is 0 Å². The normalized spacial score (nSPS) is 10.3. The molecule has 0 N–H and O–H groups in total. The van der Waals surface area contributed by atoms with E-state index in [4.69, 9.17) is 18.9 Å². The van der Waals surface area contributed by atoms with Gasteiger partial charge in [-0.2, -0.15) is 0 Å². The quantitative estimate of drug-likeness (QED) is 0.345. The van der Waals surface area contributed by atoms with Crippen LogP contribution in [0.3, 0.4) is 0 Å². The molecule has 1 aromatic heterocycles. The van der Waals surface area contributed by atoms with Gasteiger partial charge in [0.25, 0.3) is 0 Å². The predicted octanol–water partition coefficient (Wildman–Crippen LogP) is 4.71. The summed E-state index contributed by atoms with van der Waals surface area (Å²) in [5, 5.41) is 4.64. The fraction of sp³-hybridized carbons (Fsp3) is 0.190. The number of rotatable bonds is 8. The van der Waals surface area contributed by atoms with Gasteiger partial charge in [-0.3, -0.25) is 0 Å². The number of hydrogen-bond donors (Lipinski definition) is 0. The Morgan fingerprint density at radius 2 is 1.37 bits per heavy atom. The third-order valence-electron chi connectivity index (χ3n) is 3.79. The Labute approximate surface area is 181 Å². The summed E-state index contributed by atoms with van der Waals surface area (Å²) in [5.41, 5.74) is 1.65. The smallest absolute Gasteiger partial charge is 0.429 e. The van der Waals surface area contributed by atoms with E-state index in [9.17, 15) is 9.59 Å². The number of halogens is 1. The zero-order valence-electron chi connectivity index (χ0n) is 15.9. The van der Waals surface area contributed by atoms with Crippen molar-refractivity contribution in [2.45, 2.75) is 19.8 Å². The van der Waals surface area contributed by atoms with Gasteiger partial charge in [-0.05, 0) is 11.1 Å². The van der Waals surface area contributed by atoms with Crippen molar-refractivity contribution < 1.29 is 28.5 Å². The zero-order chi connectivity index (χ0) is 21.2. The Balaban J connectivity index is 1.55. The van der Waals surface area contributed by atoms with Crippen LogP contribution in [0, 0.1) is 0 Å². The minimum absolute atomic E-state index is 0.0557. The number of ether oxygens (including phenoxy) is 4. The van der Waals surface area contributed by atoms with Crippen molar-refractivity contribution in [1.82, 2.24) is 9.78 Å². The third-order valence-corrected chi connectivity index (χ3v) is 4.15. The van der Waals surface area contributed by atoms with E-state index in [1.165, 1.54) is 10.7 Å². The molecule has 30 heavy (non-hydrogen) atoms. The Morgan fingerprint density at radius 3 is 1.90 bits per heavy atom. The Kier molecular flexibility index (Phi) is 7.85. The number of benzene rings is 2. The average molecular weight is 475 g/mol. The van der Waals surface area contributed by atoms with Gasteiger partial charge in [0.15, 0.2) is 0 Å². The van der Waals surface area contributed by atoms with Gasteiger partial charge in [0, 0.05) is 5.33 Å². The van der Waals surface area contributed by atoms with E-state index in [2.05, 4.69) is 21.0 Å². The van der Waals surface area contributed by atoms with Crippen molar-refractivity contribution in [1.29, 1.82) is 0 Å². The maximum Gasteiger partial charge on any atom is 0.515 e. The predicted molar refractivity (Wildman–Crippen MR) is 111 cm³/mol. The van der Waals surface area contributed by atoms with Crippen molar-refractivity contribution in [2.75, 3.05) is 5.33 Å². The Morgan fingerprint density at radius 1 is 0.833 bits per heavy atom. The molecule has 0 spiro atoms. The summed E-state index contributed by atoms with van der Waals surface area (Å²) in [6, 6.07) is 19.7. The number of nitrogens with zero attached hydrogens (tertiary/aromatic N) is 2. The lowest BCUT2D eigenvalue weighted by atomic mass is 10.2. The first kappa shape index (κ1) is 21.4. The Bertz CT molecular complexity index is 962. The maximum absolute atomic E-state index is 12.0. The molecule has 0 bridgehead atoms. The van der Waals surface area contributed by atoms with Crippen LogP contribution in [-0.2, 0) is 29.2 Å². The van der Waals surface area contributed by atoms with Crippen LogP contribution >= 0.6 is 15.9 Å². The average Bonchev–Trinajstić information content (AvgIpc) is 3.13. The molecule has 0 aliphatic heterocycles. The first-order chi connectivity index (χ1) is 14.6. The molecule has 156 valence electrons. The molecule has 9 heteroatoms. The first-order valence-corrected chi connectivity index (χ1v) is 10.2. The van der Waals surface area contributed by atoms with Gasteiger partial charge in [0.2, 0.25) is 11.8 Å². The summed E-state index contributed by atoms with van der Waals surface area (Å²) in [6.45, 7) is 0.516. The van der Waals surface area contributed by atoms with Gasteiger partial charge in [0.05, 0.1) is 12.6 Å². The number of hydrogen-bond acceptors (Lipinski definition) is 7. The summed E-state index contributed by atoms with van der Waals surface area (Å²) in [6.07, 6.45) is -1.81. The highest BCUT2D eigenvalue weighted by Gasteiger charge is 2.17. The second kappa shape index (κ2) is 11.0. The van der Waals surface area contributed by atoms with Crippen LogP contribution in [-0.4, -0.2) is 27.4 Å². The molecule has 2 aromatic carbocycles. The van der Waals surface area contributed by atoms with Crippen LogP contribution < -0.4 is 9.47 Å². The molecule has 0 aliphatic carbocycles. The van der Waals surface area contributed by atoms with Crippen LogP contribution in [0.4, 0.5) is 9.59 Å². The van der Waals surface area contributed by atoms with Crippen molar-refractivity contribution >= 4 is 28.2 Å². The number of aryl methyl sites for hydroxylation is 1. The fourth-order valence-corrected chi connectivity index (χ4v) is 2.75. The van der Waals surface area contributed by atoms with Crippen LogP contribution in [0.25, 0.3) is 0 Å². The zero-order valence-corrected chi connectivity index (χ0v) is 17.5. The van der Waals surface area contributed by atoms with E-state index in [1.54, 1.807) is 0 Å². The molecule has 3 aromatic rings. The maximum atomic E-state index is 12.0. The molecule has 0 unspecified atom stereocenters. The highest BCUT2D eigenvalue weighted by molar-refractivity contribution is 9.09. The first-order valence-electron chi connectivity index (χ1n) is 9.05. The van der Waals surface area contributed by atoms with Crippen molar-refractivity contribution in [3.8, 4) is 11.8 Å². The molecule has 0 saturated heterocycles. The van der Waals surface area contributed by atoms with Crippen LogP contribution in [0.15, 0.2) is 66.7 Å². The van der Waals surface area contributed by atoms with E-state index in [-0.39, 0.29) is 25.0 Å². The van der Waals surface area contributed by atoms with E-state index in [0.29, 0.717) is 11.9 Å². The summed E-state index contributed by atoms with van der Waals surface area (Å²) in [5.74, 6) is 0.0262. The molecule has 0 atom stereocenters. The molecule has 0 fully saturated rings. The summed E-state index contributed by atoms with van der Waals surface area (Å²) in [7, 11) is 0. The third kappa shape index (κ3) is 6.63. The van der Waals surface area contributed by atoms with E-state index in [1.807, 2.05) is 60.7 Å². The van der Waals surface area contributed by atoms with Gasteiger partial charge in [-0.25, -0.2) is 14.3 Å². The van der Waals surface area contributed by atoms with Crippen molar-refractivity contribution in [3.05, 3.63) is 77.9 Å². The lowest BCUT2D eigenvalue weighted by Gasteiger charge is -2.07. The largest absolute Gasteiger partial charge is 0.515 e. The van der Waals surface area contributed by atoms with Gasteiger partial charge in [-0.1, -0.05) is 76.6 Å². The molecule has 0 aliphatic rings. The molecule has 0 saturated carbocycles. The lowest BCUT2D eigenvalue weighted by molar-refractivity contribution is 0.0890. The summed E-state index contributed by atoms with van der Waals surface area (Å²) < 4.78 is 21.8. The lowest BCUT2D eigenvalue weighted by Crippen LogP contribution is -2.14. The van der Waals surface area contributed by atoms with Gasteiger partial charge in [-0.15, -0.1) is 5.10 Å². The number of aromatic nitrogens is 2. The molecule has 8 nitrogen and oxygen atoms in total. The van der Waals surface area contributed by atoms with Gasteiger partial charge in [0.1, 0.15) is 13.2 Å².